The van der Waals surface area contributed by atoms with Crippen molar-refractivity contribution in [1.82, 2.24) is 20.5 Å². The van der Waals surface area contributed by atoms with E-state index in [1.165, 1.54) is 4.90 Å². The van der Waals surface area contributed by atoms with Gasteiger partial charge in [-0.25, -0.2) is 0 Å². The summed E-state index contributed by atoms with van der Waals surface area (Å²) in [4.78, 5) is 10.4. The van der Waals surface area contributed by atoms with Gasteiger partial charge in [0.2, 0.25) is 0 Å². The standard InChI is InChI=1S/C19H30F3N5.HI/c1-2-23-18(26-12-7-17-5-3-4-10-24-17)25-11-6-16-8-13-27(14-9-16)15-19(20,21)22;/h3-5,10,16H,2,6-9,11-15H2,1H3,(H2,23,25,26);1H. The maximum atomic E-state index is 12.4. The molecule has 28 heavy (non-hydrogen) atoms. The van der Waals surface area contributed by atoms with Crippen LogP contribution in [0, 0.1) is 5.92 Å². The highest BCUT2D eigenvalue weighted by Gasteiger charge is 2.32. The largest absolute Gasteiger partial charge is 0.401 e. The Bertz CT molecular complexity index is 560. The van der Waals surface area contributed by atoms with Crippen LogP contribution in [0.5, 0.6) is 0 Å². The lowest BCUT2D eigenvalue weighted by molar-refractivity contribution is -0.148. The molecule has 0 radical (unpaired) electrons. The van der Waals surface area contributed by atoms with E-state index in [-0.39, 0.29) is 24.0 Å². The highest BCUT2D eigenvalue weighted by molar-refractivity contribution is 14.0. The van der Waals surface area contributed by atoms with E-state index in [1.54, 1.807) is 6.20 Å². The Morgan fingerprint density at radius 2 is 2.00 bits per heavy atom. The third-order valence-electron chi connectivity index (χ3n) is 4.66. The SMILES string of the molecule is CCNC(=NCCC1CCN(CC(F)(F)F)CC1)NCCc1ccccn1.I. The van der Waals surface area contributed by atoms with Gasteiger partial charge in [-0.3, -0.25) is 14.9 Å². The average Bonchev–Trinajstić information content (AvgIpc) is 2.63. The fourth-order valence-corrected chi connectivity index (χ4v) is 3.24. The van der Waals surface area contributed by atoms with Crippen molar-refractivity contribution in [3.63, 3.8) is 0 Å². The number of guanidine groups is 1. The first-order valence-electron chi connectivity index (χ1n) is 9.67. The van der Waals surface area contributed by atoms with Gasteiger partial charge < -0.3 is 10.6 Å². The van der Waals surface area contributed by atoms with Crippen molar-refractivity contribution in [3.8, 4) is 0 Å². The lowest BCUT2D eigenvalue weighted by atomic mass is 9.93. The molecule has 9 heteroatoms. The summed E-state index contributed by atoms with van der Waals surface area (Å²) in [5.74, 6) is 1.23. The number of hydrogen-bond donors (Lipinski definition) is 2. The maximum absolute atomic E-state index is 12.4. The molecule has 2 N–H and O–H groups in total. The molecule has 5 nitrogen and oxygen atoms in total. The summed E-state index contributed by atoms with van der Waals surface area (Å²) in [6, 6.07) is 5.87. The van der Waals surface area contributed by atoms with E-state index < -0.39 is 12.7 Å². The molecule has 0 saturated carbocycles. The fraction of sp³-hybridized carbons (Fsp3) is 0.684. The topological polar surface area (TPSA) is 52.6 Å². The Morgan fingerprint density at radius 1 is 1.25 bits per heavy atom. The van der Waals surface area contributed by atoms with Gasteiger partial charge >= 0.3 is 6.18 Å². The monoisotopic (exact) mass is 513 g/mol. The van der Waals surface area contributed by atoms with Crippen LogP contribution in [0.25, 0.3) is 0 Å². The Balaban J connectivity index is 0.00000392. The molecule has 0 atom stereocenters. The predicted octanol–water partition coefficient (Wildman–Crippen LogP) is 3.46. The van der Waals surface area contributed by atoms with Gasteiger partial charge in [0.15, 0.2) is 5.96 Å². The first-order chi connectivity index (χ1) is 13.0. The van der Waals surface area contributed by atoms with Gasteiger partial charge in [-0.1, -0.05) is 6.07 Å². The minimum absolute atomic E-state index is 0. The van der Waals surface area contributed by atoms with Crippen LogP contribution in [0.15, 0.2) is 29.4 Å². The predicted molar refractivity (Wildman–Crippen MR) is 117 cm³/mol. The average molecular weight is 513 g/mol. The van der Waals surface area contributed by atoms with E-state index in [2.05, 4.69) is 20.6 Å². The molecule has 2 rings (SSSR count). The maximum Gasteiger partial charge on any atom is 0.401 e. The third-order valence-corrected chi connectivity index (χ3v) is 4.66. The van der Waals surface area contributed by atoms with Gasteiger partial charge in [-0.2, -0.15) is 13.2 Å². The molecule has 0 spiro atoms. The molecule has 0 unspecified atom stereocenters. The van der Waals surface area contributed by atoms with Crippen LogP contribution in [0.1, 0.15) is 31.9 Å². The van der Waals surface area contributed by atoms with Gasteiger partial charge in [-0.05, 0) is 57.3 Å². The summed E-state index contributed by atoms with van der Waals surface area (Å²) in [6.45, 7) is 4.49. The van der Waals surface area contributed by atoms with Crippen LogP contribution in [-0.2, 0) is 6.42 Å². The van der Waals surface area contributed by atoms with Crippen LogP contribution in [0.4, 0.5) is 13.2 Å². The molecule has 160 valence electrons. The van der Waals surface area contributed by atoms with Crippen LogP contribution in [0.3, 0.4) is 0 Å². The van der Waals surface area contributed by atoms with Gasteiger partial charge in [0.05, 0.1) is 6.54 Å². The first kappa shape index (κ1) is 24.9. The zero-order chi connectivity index (χ0) is 19.5. The second-order valence-corrected chi connectivity index (χ2v) is 6.88. The normalized spacial score (nSPS) is 16.5. The molecule has 1 saturated heterocycles. The molecular weight excluding hydrogens is 482 g/mol. The summed E-state index contributed by atoms with van der Waals surface area (Å²) < 4.78 is 37.3. The van der Waals surface area contributed by atoms with Gasteiger partial charge in [0.1, 0.15) is 0 Å². The van der Waals surface area contributed by atoms with E-state index in [1.807, 2.05) is 25.1 Å². The molecule has 1 aromatic rings. The number of piperidine rings is 1. The van der Waals surface area contributed by atoms with E-state index in [4.69, 9.17) is 0 Å². The number of alkyl halides is 3. The smallest absolute Gasteiger partial charge is 0.357 e. The number of nitrogens with one attached hydrogen (secondary N) is 2. The van der Waals surface area contributed by atoms with Crippen LogP contribution < -0.4 is 10.6 Å². The molecule has 1 aliphatic heterocycles. The number of nitrogens with zero attached hydrogens (tertiary/aromatic N) is 3. The number of halogens is 4. The molecule has 0 aromatic carbocycles. The molecule has 1 fully saturated rings. The number of pyridine rings is 1. The molecule has 1 aliphatic rings. The lowest BCUT2D eigenvalue weighted by Crippen LogP contribution is -2.40. The van der Waals surface area contributed by atoms with E-state index in [0.717, 1.165) is 50.4 Å². The van der Waals surface area contributed by atoms with Crippen molar-refractivity contribution >= 4 is 29.9 Å². The van der Waals surface area contributed by atoms with Crippen LogP contribution in [0.2, 0.25) is 0 Å². The molecule has 0 amide bonds. The number of hydrogen-bond acceptors (Lipinski definition) is 3. The number of aliphatic imine (C=N–C) groups is 1. The number of aromatic nitrogens is 1. The summed E-state index contributed by atoms with van der Waals surface area (Å²) in [5.41, 5.74) is 1.03. The lowest BCUT2D eigenvalue weighted by Gasteiger charge is -2.32. The van der Waals surface area contributed by atoms with Gasteiger partial charge in [0.25, 0.3) is 0 Å². The minimum Gasteiger partial charge on any atom is -0.357 e. The minimum atomic E-state index is -4.10. The van der Waals surface area contributed by atoms with Crippen molar-refractivity contribution in [2.24, 2.45) is 10.9 Å². The molecule has 0 aliphatic carbocycles. The Hall–Kier alpha value is -1.10. The second kappa shape index (κ2) is 13.2. The van der Waals surface area contributed by atoms with Crippen molar-refractivity contribution in [1.29, 1.82) is 0 Å². The first-order valence-corrected chi connectivity index (χ1v) is 9.67. The van der Waals surface area contributed by atoms with Crippen molar-refractivity contribution in [3.05, 3.63) is 30.1 Å². The Kier molecular flexibility index (Phi) is 11.7. The molecular formula is C19H31F3IN5. The summed E-state index contributed by atoms with van der Waals surface area (Å²) in [6.07, 6.45) is 1.05. The van der Waals surface area contributed by atoms with Crippen LogP contribution in [-0.4, -0.2) is 61.3 Å². The Labute approximate surface area is 182 Å². The molecule has 1 aromatic heterocycles. The summed E-state index contributed by atoms with van der Waals surface area (Å²) in [7, 11) is 0. The highest BCUT2D eigenvalue weighted by atomic mass is 127. The second-order valence-electron chi connectivity index (χ2n) is 6.88. The van der Waals surface area contributed by atoms with E-state index >= 15 is 0 Å². The zero-order valence-electron chi connectivity index (χ0n) is 16.3. The fourth-order valence-electron chi connectivity index (χ4n) is 3.24. The van der Waals surface area contributed by atoms with E-state index in [0.29, 0.717) is 25.6 Å². The number of rotatable bonds is 8. The van der Waals surface area contributed by atoms with Crippen molar-refractivity contribution in [2.45, 2.75) is 38.8 Å². The molecule has 2 heterocycles. The van der Waals surface area contributed by atoms with Crippen molar-refractivity contribution in [2.75, 3.05) is 39.3 Å². The Morgan fingerprint density at radius 3 is 2.61 bits per heavy atom. The summed E-state index contributed by atoms with van der Waals surface area (Å²) >= 11 is 0. The zero-order valence-corrected chi connectivity index (χ0v) is 18.7. The van der Waals surface area contributed by atoms with Gasteiger partial charge in [-0.15, -0.1) is 24.0 Å². The quantitative estimate of drug-likeness (QED) is 0.318. The van der Waals surface area contributed by atoms with E-state index in [9.17, 15) is 13.2 Å². The summed E-state index contributed by atoms with van der Waals surface area (Å²) in [5, 5.41) is 6.53. The molecule has 0 bridgehead atoms. The van der Waals surface area contributed by atoms with Crippen LogP contribution >= 0.6 is 24.0 Å². The van der Waals surface area contributed by atoms with Gasteiger partial charge in [0, 0.05) is 37.9 Å². The third kappa shape index (κ3) is 10.4. The highest BCUT2D eigenvalue weighted by Crippen LogP contribution is 2.24. The number of likely N-dealkylation sites (tertiary alicyclic amines) is 1. The van der Waals surface area contributed by atoms with Crippen molar-refractivity contribution < 1.29 is 13.2 Å².